The fraction of sp³-hybridized carbons (Fsp3) is 0.300. The zero-order valence-electron chi connectivity index (χ0n) is 15.1. The average Bonchev–Trinajstić information content (AvgIpc) is 3.51. The highest BCUT2D eigenvalue weighted by Gasteiger charge is 2.25. The number of nitriles is 1. The van der Waals surface area contributed by atoms with Crippen molar-refractivity contribution in [3.8, 4) is 6.07 Å². The quantitative estimate of drug-likeness (QED) is 0.795. The van der Waals surface area contributed by atoms with Crippen molar-refractivity contribution in [2.75, 3.05) is 13.6 Å². The summed E-state index contributed by atoms with van der Waals surface area (Å²) < 4.78 is 27.4. The molecule has 3 rings (SSSR count). The van der Waals surface area contributed by atoms with E-state index < -0.39 is 10.0 Å². The number of rotatable bonds is 7. The van der Waals surface area contributed by atoms with Gasteiger partial charge in [-0.1, -0.05) is 18.2 Å². The van der Waals surface area contributed by atoms with Crippen LogP contribution in [0, 0.1) is 17.2 Å². The molecule has 1 amide bonds. The van der Waals surface area contributed by atoms with E-state index in [1.807, 2.05) is 0 Å². The van der Waals surface area contributed by atoms with E-state index in [2.05, 4.69) is 10.8 Å². The van der Waals surface area contributed by atoms with Crippen LogP contribution in [0.15, 0.2) is 53.4 Å². The van der Waals surface area contributed by atoms with E-state index in [1.54, 1.807) is 43.4 Å². The van der Waals surface area contributed by atoms with E-state index in [-0.39, 0.29) is 10.8 Å². The van der Waals surface area contributed by atoms with Crippen LogP contribution in [0.4, 0.5) is 0 Å². The molecule has 140 valence electrons. The normalized spacial score (nSPS) is 13.8. The minimum absolute atomic E-state index is 0.0979. The van der Waals surface area contributed by atoms with Gasteiger partial charge in [0.15, 0.2) is 0 Å². The van der Waals surface area contributed by atoms with Gasteiger partial charge >= 0.3 is 0 Å². The molecule has 0 atom stereocenters. The second-order valence-corrected chi connectivity index (χ2v) is 8.56. The number of hydrogen-bond acceptors (Lipinski definition) is 4. The minimum atomic E-state index is -3.62. The molecule has 7 heteroatoms. The van der Waals surface area contributed by atoms with Crippen molar-refractivity contribution >= 4 is 15.9 Å². The molecule has 27 heavy (non-hydrogen) atoms. The Kier molecular flexibility index (Phi) is 5.59. The summed E-state index contributed by atoms with van der Waals surface area (Å²) >= 11 is 0. The lowest BCUT2D eigenvalue weighted by molar-refractivity contribution is 0.0785. The molecule has 1 aliphatic rings. The zero-order chi connectivity index (χ0) is 19.4. The lowest BCUT2D eigenvalue weighted by Gasteiger charge is -2.18. The maximum Gasteiger partial charge on any atom is 0.253 e. The van der Waals surface area contributed by atoms with E-state index in [9.17, 15) is 13.2 Å². The molecule has 0 aromatic heterocycles. The molecule has 1 N–H and O–H groups in total. The SMILES string of the molecule is CN(Cc1ccc(C#N)cc1)C(=O)c1cccc(S(=O)(=O)NCC2CC2)c1. The highest BCUT2D eigenvalue weighted by Crippen LogP contribution is 2.28. The van der Waals surface area contributed by atoms with Crippen LogP contribution < -0.4 is 4.72 Å². The van der Waals surface area contributed by atoms with E-state index in [4.69, 9.17) is 5.26 Å². The fourth-order valence-corrected chi connectivity index (χ4v) is 3.84. The Morgan fingerprint density at radius 1 is 1.22 bits per heavy atom. The lowest BCUT2D eigenvalue weighted by atomic mass is 10.1. The van der Waals surface area contributed by atoms with Crippen LogP contribution >= 0.6 is 0 Å². The summed E-state index contributed by atoms with van der Waals surface area (Å²) in [5.41, 5.74) is 1.77. The van der Waals surface area contributed by atoms with Crippen LogP contribution in [0.3, 0.4) is 0 Å². The van der Waals surface area contributed by atoms with Crippen molar-refractivity contribution in [3.05, 3.63) is 65.2 Å². The Hall–Kier alpha value is -2.69. The number of hydrogen-bond donors (Lipinski definition) is 1. The number of benzene rings is 2. The first-order valence-corrected chi connectivity index (χ1v) is 10.2. The number of nitrogens with one attached hydrogen (secondary N) is 1. The maximum atomic E-state index is 12.7. The molecule has 1 fully saturated rings. The van der Waals surface area contributed by atoms with Gasteiger partial charge in [-0.15, -0.1) is 0 Å². The van der Waals surface area contributed by atoms with Gasteiger partial charge < -0.3 is 4.90 Å². The summed E-state index contributed by atoms with van der Waals surface area (Å²) in [7, 11) is -1.96. The Labute approximate surface area is 159 Å². The predicted molar refractivity (Wildman–Crippen MR) is 101 cm³/mol. The van der Waals surface area contributed by atoms with Gasteiger partial charge in [-0.2, -0.15) is 5.26 Å². The summed E-state index contributed by atoms with van der Waals surface area (Å²) in [6.07, 6.45) is 2.11. The monoisotopic (exact) mass is 383 g/mol. The van der Waals surface area contributed by atoms with E-state index in [0.717, 1.165) is 18.4 Å². The Morgan fingerprint density at radius 3 is 2.56 bits per heavy atom. The first kappa shape index (κ1) is 19.1. The van der Waals surface area contributed by atoms with E-state index >= 15 is 0 Å². The summed E-state index contributed by atoms with van der Waals surface area (Å²) in [5, 5.41) is 8.84. The standard InChI is InChI=1S/C20H21N3O3S/c1-23(14-17-9-5-15(12-21)6-10-17)20(24)18-3-2-4-19(11-18)27(25,26)22-13-16-7-8-16/h2-6,9-11,16,22H,7-8,13-14H2,1H3. The highest BCUT2D eigenvalue weighted by molar-refractivity contribution is 7.89. The topological polar surface area (TPSA) is 90.3 Å². The Morgan fingerprint density at radius 2 is 1.93 bits per heavy atom. The number of carbonyl (C=O) groups is 1. The largest absolute Gasteiger partial charge is 0.337 e. The van der Waals surface area contributed by atoms with Crippen LogP contribution in [-0.4, -0.2) is 32.8 Å². The maximum absolute atomic E-state index is 12.7. The molecule has 0 heterocycles. The summed E-state index contributed by atoms with van der Waals surface area (Å²) in [5.74, 6) is 0.168. The van der Waals surface area contributed by atoms with Gasteiger partial charge in [0, 0.05) is 25.7 Å². The van der Waals surface area contributed by atoms with Gasteiger partial charge in [-0.25, -0.2) is 13.1 Å². The lowest BCUT2D eigenvalue weighted by Crippen LogP contribution is -2.28. The first-order chi connectivity index (χ1) is 12.9. The summed E-state index contributed by atoms with van der Waals surface area (Å²) in [4.78, 5) is 14.3. The number of sulfonamides is 1. The third-order valence-corrected chi connectivity index (χ3v) is 5.92. The molecular formula is C20H21N3O3S. The van der Waals surface area contributed by atoms with Crippen LogP contribution in [-0.2, 0) is 16.6 Å². The van der Waals surface area contributed by atoms with Crippen LogP contribution in [0.5, 0.6) is 0 Å². The van der Waals surface area contributed by atoms with Crippen LogP contribution in [0.2, 0.25) is 0 Å². The zero-order valence-corrected chi connectivity index (χ0v) is 15.9. The molecule has 0 saturated heterocycles. The van der Waals surface area contributed by atoms with Gasteiger partial charge in [0.2, 0.25) is 10.0 Å². The predicted octanol–water partition coefficient (Wildman–Crippen LogP) is 2.52. The van der Waals surface area contributed by atoms with Crippen molar-refractivity contribution in [3.63, 3.8) is 0 Å². The Balaban J connectivity index is 1.70. The minimum Gasteiger partial charge on any atom is -0.337 e. The number of nitrogens with zero attached hydrogens (tertiary/aromatic N) is 2. The number of carbonyl (C=O) groups excluding carboxylic acids is 1. The summed E-state index contributed by atoms with van der Waals surface area (Å²) in [6.45, 7) is 0.806. The first-order valence-electron chi connectivity index (χ1n) is 8.73. The molecule has 0 spiro atoms. The molecule has 0 bridgehead atoms. The van der Waals surface area contributed by atoms with Gasteiger partial charge in [0.1, 0.15) is 0 Å². The van der Waals surface area contributed by atoms with Crippen molar-refractivity contribution in [2.45, 2.75) is 24.3 Å². The fourth-order valence-electron chi connectivity index (χ4n) is 2.68. The van der Waals surface area contributed by atoms with Crippen LogP contribution in [0.25, 0.3) is 0 Å². The van der Waals surface area contributed by atoms with Gasteiger partial charge in [-0.3, -0.25) is 4.79 Å². The van der Waals surface area contributed by atoms with Crippen molar-refractivity contribution < 1.29 is 13.2 Å². The van der Waals surface area contributed by atoms with Crippen molar-refractivity contribution in [2.24, 2.45) is 5.92 Å². The molecule has 0 aliphatic heterocycles. The molecule has 2 aromatic rings. The third-order valence-electron chi connectivity index (χ3n) is 4.50. The second-order valence-electron chi connectivity index (χ2n) is 6.79. The van der Waals surface area contributed by atoms with Crippen molar-refractivity contribution in [1.29, 1.82) is 5.26 Å². The average molecular weight is 383 g/mol. The molecule has 1 saturated carbocycles. The van der Waals surface area contributed by atoms with Gasteiger partial charge in [0.05, 0.1) is 16.5 Å². The number of amides is 1. The van der Waals surface area contributed by atoms with Crippen molar-refractivity contribution in [1.82, 2.24) is 9.62 Å². The Bertz CT molecular complexity index is 974. The second kappa shape index (κ2) is 7.91. The van der Waals surface area contributed by atoms with E-state index in [1.165, 1.54) is 17.0 Å². The molecule has 1 aliphatic carbocycles. The molecule has 2 aromatic carbocycles. The smallest absolute Gasteiger partial charge is 0.253 e. The van der Waals surface area contributed by atoms with E-state index in [0.29, 0.717) is 30.1 Å². The molecule has 6 nitrogen and oxygen atoms in total. The summed E-state index contributed by atoms with van der Waals surface area (Å²) in [6, 6.07) is 15.1. The third kappa shape index (κ3) is 4.94. The molecule has 0 unspecified atom stereocenters. The molecular weight excluding hydrogens is 362 g/mol. The van der Waals surface area contributed by atoms with Gasteiger partial charge in [-0.05, 0) is 54.7 Å². The van der Waals surface area contributed by atoms with Crippen LogP contribution in [0.1, 0.15) is 34.3 Å². The highest BCUT2D eigenvalue weighted by atomic mass is 32.2. The molecule has 0 radical (unpaired) electrons. The van der Waals surface area contributed by atoms with Gasteiger partial charge in [0.25, 0.3) is 5.91 Å².